The normalized spacial score (nSPS) is 24.4. The Hall–Kier alpha value is -0.810. The van der Waals surface area contributed by atoms with Crippen LogP contribution in [0.1, 0.15) is 12.0 Å². The highest BCUT2D eigenvalue weighted by Crippen LogP contribution is 2.26. The molecule has 0 spiro atoms. The van der Waals surface area contributed by atoms with Crippen molar-refractivity contribution in [3.05, 3.63) is 28.8 Å². The predicted octanol–water partition coefficient (Wildman–Crippen LogP) is 1.28. The van der Waals surface area contributed by atoms with Gasteiger partial charge in [0.2, 0.25) is 0 Å². The van der Waals surface area contributed by atoms with Gasteiger partial charge in [0, 0.05) is 24.2 Å². The predicted molar refractivity (Wildman–Crippen MR) is 69.9 cm³/mol. The molecule has 0 aliphatic carbocycles. The monoisotopic (exact) mass is 271 g/mol. The van der Waals surface area contributed by atoms with Crippen LogP contribution in [0, 0.1) is 0 Å². The molecule has 0 amide bonds. The van der Waals surface area contributed by atoms with Crippen LogP contribution in [-0.4, -0.2) is 47.5 Å². The molecule has 0 bridgehead atoms. The highest BCUT2D eigenvalue weighted by atomic mass is 35.5. The van der Waals surface area contributed by atoms with Gasteiger partial charge in [-0.05, 0) is 30.2 Å². The van der Waals surface area contributed by atoms with Gasteiger partial charge in [0.25, 0.3) is 0 Å². The van der Waals surface area contributed by atoms with Crippen LogP contribution in [0.15, 0.2) is 18.2 Å². The van der Waals surface area contributed by atoms with Crippen molar-refractivity contribution in [2.45, 2.75) is 25.1 Å². The van der Waals surface area contributed by atoms with Gasteiger partial charge in [-0.1, -0.05) is 11.6 Å². The maximum Gasteiger partial charge on any atom is 0.119 e. The van der Waals surface area contributed by atoms with Crippen molar-refractivity contribution in [3.8, 4) is 5.75 Å². The first-order chi connectivity index (χ1) is 8.63. The zero-order valence-corrected chi connectivity index (χ0v) is 11.1. The van der Waals surface area contributed by atoms with Crippen LogP contribution in [-0.2, 0) is 6.54 Å². The average Bonchev–Trinajstić information content (AvgIpc) is 2.72. The topological polar surface area (TPSA) is 52.9 Å². The summed E-state index contributed by atoms with van der Waals surface area (Å²) in [4.78, 5) is 2.05. The van der Waals surface area contributed by atoms with E-state index in [9.17, 15) is 10.2 Å². The molecule has 4 nitrogen and oxygen atoms in total. The average molecular weight is 272 g/mol. The Labute approximate surface area is 112 Å². The number of aliphatic hydroxyl groups is 2. The smallest absolute Gasteiger partial charge is 0.119 e. The number of hydrogen-bond acceptors (Lipinski definition) is 4. The molecule has 1 fully saturated rings. The second-order valence-electron chi connectivity index (χ2n) is 4.61. The van der Waals surface area contributed by atoms with Crippen molar-refractivity contribution in [2.24, 2.45) is 0 Å². The summed E-state index contributed by atoms with van der Waals surface area (Å²) in [5, 5.41) is 19.6. The number of nitrogens with zero attached hydrogens (tertiary/aromatic N) is 1. The number of rotatable bonds is 4. The fraction of sp³-hybridized carbons (Fsp3) is 0.538. The van der Waals surface area contributed by atoms with Crippen LogP contribution in [0.4, 0.5) is 0 Å². The fourth-order valence-electron chi connectivity index (χ4n) is 2.36. The molecule has 100 valence electrons. The Morgan fingerprint density at radius 3 is 2.94 bits per heavy atom. The van der Waals surface area contributed by atoms with Crippen molar-refractivity contribution >= 4 is 11.6 Å². The summed E-state index contributed by atoms with van der Waals surface area (Å²) < 4.78 is 5.17. The van der Waals surface area contributed by atoms with E-state index in [0.717, 1.165) is 11.3 Å². The van der Waals surface area contributed by atoms with Gasteiger partial charge in [-0.3, -0.25) is 4.90 Å². The molecule has 2 N–H and O–H groups in total. The van der Waals surface area contributed by atoms with Crippen LogP contribution in [0.2, 0.25) is 5.02 Å². The highest BCUT2D eigenvalue weighted by Gasteiger charge is 2.30. The molecular weight excluding hydrogens is 254 g/mol. The van der Waals surface area contributed by atoms with E-state index in [1.807, 2.05) is 17.0 Å². The summed E-state index contributed by atoms with van der Waals surface area (Å²) in [6, 6.07) is 5.51. The fourth-order valence-corrected chi connectivity index (χ4v) is 2.54. The van der Waals surface area contributed by atoms with Crippen LogP contribution in [0.25, 0.3) is 0 Å². The van der Waals surface area contributed by atoms with Gasteiger partial charge in [0.05, 0.1) is 19.8 Å². The lowest BCUT2D eigenvalue weighted by Gasteiger charge is -2.23. The zero-order valence-electron chi connectivity index (χ0n) is 10.3. The molecule has 2 atom stereocenters. The van der Waals surface area contributed by atoms with E-state index in [1.165, 1.54) is 0 Å². The Bertz CT molecular complexity index is 413. The second-order valence-corrected chi connectivity index (χ2v) is 5.02. The van der Waals surface area contributed by atoms with Gasteiger partial charge in [0.15, 0.2) is 0 Å². The van der Waals surface area contributed by atoms with Gasteiger partial charge in [-0.25, -0.2) is 0 Å². The van der Waals surface area contributed by atoms with E-state index in [-0.39, 0.29) is 18.8 Å². The third-order valence-electron chi connectivity index (χ3n) is 3.34. The lowest BCUT2D eigenvalue weighted by molar-refractivity contribution is 0.150. The summed E-state index contributed by atoms with van der Waals surface area (Å²) >= 11 is 6.15. The first-order valence-electron chi connectivity index (χ1n) is 5.99. The summed E-state index contributed by atoms with van der Waals surface area (Å²) in [7, 11) is 1.61. The summed E-state index contributed by atoms with van der Waals surface area (Å²) in [5.41, 5.74) is 0.948. The van der Waals surface area contributed by atoms with Crippen molar-refractivity contribution in [1.29, 1.82) is 0 Å². The Morgan fingerprint density at radius 2 is 2.28 bits per heavy atom. The Kier molecular flexibility index (Phi) is 4.45. The minimum atomic E-state index is -0.369. The van der Waals surface area contributed by atoms with Gasteiger partial charge in [-0.2, -0.15) is 0 Å². The molecule has 0 saturated carbocycles. The first kappa shape index (κ1) is 13.6. The lowest BCUT2D eigenvalue weighted by atomic mass is 10.1. The van der Waals surface area contributed by atoms with Gasteiger partial charge >= 0.3 is 0 Å². The van der Waals surface area contributed by atoms with E-state index >= 15 is 0 Å². The largest absolute Gasteiger partial charge is 0.497 e. The third kappa shape index (κ3) is 2.95. The van der Waals surface area contributed by atoms with Crippen LogP contribution < -0.4 is 4.74 Å². The minimum absolute atomic E-state index is 0.00210. The molecule has 1 aliphatic heterocycles. The molecule has 0 aromatic heterocycles. The number of likely N-dealkylation sites (tertiary alicyclic amines) is 1. The zero-order chi connectivity index (χ0) is 13.1. The SMILES string of the molecule is COc1ccc(Cl)c(CN2C[C@@H](O)C[C@@H]2CO)c1. The van der Waals surface area contributed by atoms with Crippen molar-refractivity contribution in [1.82, 2.24) is 4.90 Å². The first-order valence-corrected chi connectivity index (χ1v) is 6.37. The van der Waals surface area contributed by atoms with Crippen molar-refractivity contribution in [3.63, 3.8) is 0 Å². The Morgan fingerprint density at radius 1 is 1.50 bits per heavy atom. The second kappa shape index (κ2) is 5.89. The quantitative estimate of drug-likeness (QED) is 0.866. The maximum absolute atomic E-state index is 9.64. The van der Waals surface area contributed by atoms with Crippen molar-refractivity contribution in [2.75, 3.05) is 20.3 Å². The summed E-state index contributed by atoms with van der Waals surface area (Å²) in [6.07, 6.45) is 0.240. The molecule has 1 heterocycles. The minimum Gasteiger partial charge on any atom is -0.497 e. The van der Waals surface area contributed by atoms with E-state index in [0.29, 0.717) is 24.5 Å². The van der Waals surface area contributed by atoms with E-state index < -0.39 is 0 Å². The van der Waals surface area contributed by atoms with Crippen LogP contribution in [0.3, 0.4) is 0 Å². The number of β-amino-alcohol motifs (C(OH)–C–C–N with tert-alkyl or cyclic N) is 1. The molecule has 0 radical (unpaired) electrons. The molecule has 1 saturated heterocycles. The molecule has 1 aromatic carbocycles. The number of halogens is 1. The molecule has 1 aromatic rings. The third-order valence-corrected chi connectivity index (χ3v) is 3.71. The molecule has 18 heavy (non-hydrogen) atoms. The van der Waals surface area contributed by atoms with E-state index in [1.54, 1.807) is 13.2 Å². The number of ether oxygens (including phenoxy) is 1. The van der Waals surface area contributed by atoms with Crippen molar-refractivity contribution < 1.29 is 14.9 Å². The summed E-state index contributed by atoms with van der Waals surface area (Å²) in [6.45, 7) is 1.23. The molecule has 1 aliphatic rings. The van der Waals surface area contributed by atoms with Crippen LogP contribution >= 0.6 is 11.6 Å². The van der Waals surface area contributed by atoms with Gasteiger partial charge in [0.1, 0.15) is 5.75 Å². The number of aliphatic hydroxyl groups excluding tert-OH is 2. The summed E-state index contributed by atoms with van der Waals surface area (Å²) in [5.74, 6) is 0.759. The number of benzene rings is 1. The maximum atomic E-state index is 9.64. The van der Waals surface area contributed by atoms with Gasteiger partial charge < -0.3 is 14.9 Å². The number of hydrogen-bond donors (Lipinski definition) is 2. The van der Waals surface area contributed by atoms with E-state index in [4.69, 9.17) is 16.3 Å². The Balaban J connectivity index is 2.13. The molecular formula is C13H18ClNO3. The standard InChI is InChI=1S/C13H18ClNO3/c1-18-12-2-3-13(14)9(4-12)6-15-7-11(17)5-10(15)8-16/h2-4,10-11,16-17H,5-8H2,1H3/t10-,11+/m1/s1. The number of methoxy groups -OCH3 is 1. The van der Waals surface area contributed by atoms with E-state index in [2.05, 4.69) is 0 Å². The van der Waals surface area contributed by atoms with Crippen LogP contribution in [0.5, 0.6) is 5.75 Å². The highest BCUT2D eigenvalue weighted by molar-refractivity contribution is 6.31. The molecule has 0 unspecified atom stereocenters. The van der Waals surface area contributed by atoms with Gasteiger partial charge in [-0.15, -0.1) is 0 Å². The molecule has 2 rings (SSSR count). The lowest BCUT2D eigenvalue weighted by Crippen LogP contribution is -2.32. The molecule has 5 heteroatoms.